The maximum absolute atomic E-state index is 12.8. The number of hydrogen-bond donors (Lipinski definition) is 1. The highest BCUT2D eigenvalue weighted by atomic mass is 35.5. The molecule has 0 saturated carbocycles. The molecule has 1 amide bonds. The summed E-state index contributed by atoms with van der Waals surface area (Å²) >= 11 is 6.06. The quantitative estimate of drug-likeness (QED) is 0.627. The van der Waals surface area contributed by atoms with Crippen LogP contribution in [0.1, 0.15) is 36.0 Å². The van der Waals surface area contributed by atoms with Crippen molar-refractivity contribution >= 4 is 27.5 Å². The van der Waals surface area contributed by atoms with Gasteiger partial charge in [0, 0.05) is 31.8 Å². The maximum atomic E-state index is 12.8. The third kappa shape index (κ3) is 6.61. The van der Waals surface area contributed by atoms with Crippen molar-refractivity contribution in [3.8, 4) is 0 Å². The van der Waals surface area contributed by atoms with Gasteiger partial charge in [-0.15, -0.1) is 0 Å². The summed E-state index contributed by atoms with van der Waals surface area (Å²) in [5.74, 6) is -0.539. The Hall–Kier alpha value is -1.36. The molecule has 0 spiro atoms. The molecule has 0 unspecified atom stereocenters. The number of carbonyl (C=O) groups is 1. The van der Waals surface area contributed by atoms with Crippen LogP contribution in [0.2, 0.25) is 5.02 Å². The molecule has 2 rings (SSSR count). The van der Waals surface area contributed by atoms with Crippen molar-refractivity contribution in [1.82, 2.24) is 9.62 Å². The van der Waals surface area contributed by atoms with Crippen LogP contribution in [0.15, 0.2) is 23.1 Å². The Morgan fingerprint density at radius 2 is 1.89 bits per heavy atom. The third-order valence-electron chi connectivity index (χ3n) is 4.14. The van der Waals surface area contributed by atoms with Crippen LogP contribution in [-0.2, 0) is 14.8 Å². The first kappa shape index (κ1) is 22.9. The fourth-order valence-corrected chi connectivity index (χ4v) is 4.77. The van der Waals surface area contributed by atoms with Crippen LogP contribution in [0.25, 0.3) is 0 Å². The second-order valence-corrected chi connectivity index (χ2v) is 8.70. The first-order valence-corrected chi connectivity index (χ1v) is 10.7. The highest BCUT2D eigenvalue weighted by molar-refractivity contribution is 7.89. The number of halogens is 4. The minimum atomic E-state index is -4.39. The van der Waals surface area contributed by atoms with Crippen LogP contribution in [0.3, 0.4) is 0 Å². The van der Waals surface area contributed by atoms with Crippen LogP contribution in [0, 0.1) is 0 Å². The van der Waals surface area contributed by atoms with E-state index in [2.05, 4.69) is 10.1 Å². The van der Waals surface area contributed by atoms with Gasteiger partial charge in [0.05, 0.1) is 5.02 Å². The number of nitrogens with zero attached hydrogens (tertiary/aromatic N) is 1. The highest BCUT2D eigenvalue weighted by Crippen LogP contribution is 2.27. The Morgan fingerprint density at radius 1 is 1.21 bits per heavy atom. The first-order chi connectivity index (χ1) is 13.1. The van der Waals surface area contributed by atoms with E-state index in [1.165, 1.54) is 22.5 Å². The standard InChI is InChI=1S/C17H22ClF3N2O4S/c18-14-6-5-13(16(24)22-7-4-10-27-12-17(19,20)21)11-15(14)28(25,26)23-8-2-1-3-9-23/h5-6,11H,1-4,7-10,12H2,(H,22,24). The molecule has 1 saturated heterocycles. The van der Waals surface area contributed by atoms with E-state index < -0.39 is 28.7 Å². The van der Waals surface area contributed by atoms with Crippen molar-refractivity contribution in [2.24, 2.45) is 0 Å². The predicted octanol–water partition coefficient (Wildman–Crippen LogP) is 3.21. The molecule has 1 aromatic rings. The van der Waals surface area contributed by atoms with Crippen LogP contribution in [-0.4, -0.2) is 57.7 Å². The molecule has 6 nitrogen and oxygen atoms in total. The molecular weight excluding hydrogens is 421 g/mol. The molecule has 1 N–H and O–H groups in total. The van der Waals surface area contributed by atoms with E-state index in [0.29, 0.717) is 13.1 Å². The summed E-state index contributed by atoms with van der Waals surface area (Å²) in [6.45, 7) is -0.585. The molecule has 0 aliphatic carbocycles. The van der Waals surface area contributed by atoms with E-state index in [4.69, 9.17) is 11.6 Å². The predicted molar refractivity (Wildman–Crippen MR) is 97.9 cm³/mol. The SMILES string of the molecule is O=C(NCCCOCC(F)(F)F)c1ccc(Cl)c(S(=O)(=O)N2CCCCC2)c1. The van der Waals surface area contributed by atoms with Crippen molar-refractivity contribution in [3.05, 3.63) is 28.8 Å². The lowest BCUT2D eigenvalue weighted by molar-refractivity contribution is -0.173. The van der Waals surface area contributed by atoms with Crippen LogP contribution < -0.4 is 5.32 Å². The fourth-order valence-electron chi connectivity index (χ4n) is 2.75. The number of alkyl halides is 3. The van der Waals surface area contributed by atoms with Gasteiger partial charge in [-0.3, -0.25) is 4.79 Å². The van der Waals surface area contributed by atoms with E-state index >= 15 is 0 Å². The number of nitrogens with one attached hydrogen (secondary N) is 1. The Morgan fingerprint density at radius 3 is 2.54 bits per heavy atom. The number of hydrogen-bond acceptors (Lipinski definition) is 4. The fraction of sp³-hybridized carbons (Fsp3) is 0.588. The lowest BCUT2D eigenvalue weighted by Crippen LogP contribution is -2.36. The van der Waals surface area contributed by atoms with Gasteiger partial charge in [-0.2, -0.15) is 17.5 Å². The molecule has 0 aromatic heterocycles. The summed E-state index contributed by atoms with van der Waals surface area (Å²) in [5.41, 5.74) is 0.108. The number of amides is 1. The molecule has 1 aliphatic heterocycles. The van der Waals surface area contributed by atoms with E-state index in [1.807, 2.05) is 0 Å². The number of benzene rings is 1. The number of ether oxygens (including phenoxy) is 1. The van der Waals surface area contributed by atoms with Gasteiger partial charge in [0.1, 0.15) is 11.5 Å². The van der Waals surface area contributed by atoms with Gasteiger partial charge >= 0.3 is 6.18 Å². The van der Waals surface area contributed by atoms with Crippen LogP contribution in [0.5, 0.6) is 0 Å². The summed E-state index contributed by atoms with van der Waals surface area (Å²) in [4.78, 5) is 12.1. The molecule has 158 valence electrons. The molecule has 11 heteroatoms. The van der Waals surface area contributed by atoms with Crippen molar-refractivity contribution in [2.45, 2.75) is 36.8 Å². The van der Waals surface area contributed by atoms with Crippen LogP contribution >= 0.6 is 11.6 Å². The van der Waals surface area contributed by atoms with Crippen molar-refractivity contribution in [1.29, 1.82) is 0 Å². The lowest BCUT2D eigenvalue weighted by Gasteiger charge is -2.26. The van der Waals surface area contributed by atoms with Crippen molar-refractivity contribution < 1.29 is 31.1 Å². The molecule has 1 aromatic carbocycles. The summed E-state index contributed by atoms with van der Waals surface area (Å²) in [7, 11) is -3.80. The van der Waals surface area contributed by atoms with Gasteiger partial charge in [-0.05, 0) is 37.5 Å². The topological polar surface area (TPSA) is 75.7 Å². The van der Waals surface area contributed by atoms with Crippen molar-refractivity contribution in [2.75, 3.05) is 32.8 Å². The average molecular weight is 443 g/mol. The van der Waals surface area contributed by atoms with Gasteiger partial charge < -0.3 is 10.1 Å². The average Bonchev–Trinajstić information content (AvgIpc) is 2.64. The number of sulfonamides is 1. The summed E-state index contributed by atoms with van der Waals surface area (Å²) in [5, 5.41) is 2.55. The molecule has 0 radical (unpaired) electrons. The van der Waals surface area contributed by atoms with Gasteiger partial charge in [0.2, 0.25) is 10.0 Å². The molecular formula is C17H22ClF3N2O4S. The monoisotopic (exact) mass is 442 g/mol. The van der Waals surface area contributed by atoms with Crippen molar-refractivity contribution in [3.63, 3.8) is 0 Å². The normalized spacial score (nSPS) is 16.1. The summed E-state index contributed by atoms with van der Waals surface area (Å²) in [6.07, 6.45) is -1.69. The van der Waals surface area contributed by atoms with E-state index in [9.17, 15) is 26.4 Å². The number of rotatable bonds is 8. The molecule has 0 atom stereocenters. The number of carbonyl (C=O) groups excluding carboxylic acids is 1. The molecule has 1 heterocycles. The second kappa shape index (κ2) is 9.91. The Bertz CT molecular complexity index is 781. The van der Waals surface area contributed by atoms with E-state index in [-0.39, 0.29) is 35.1 Å². The zero-order valence-corrected chi connectivity index (χ0v) is 16.7. The lowest BCUT2D eigenvalue weighted by atomic mass is 10.2. The molecule has 0 bridgehead atoms. The molecule has 1 fully saturated rings. The van der Waals surface area contributed by atoms with Gasteiger partial charge in [0.15, 0.2) is 0 Å². The Kier molecular flexibility index (Phi) is 8.11. The minimum Gasteiger partial charge on any atom is -0.372 e. The van der Waals surface area contributed by atoms with Gasteiger partial charge in [0.25, 0.3) is 5.91 Å². The van der Waals surface area contributed by atoms with Crippen LogP contribution in [0.4, 0.5) is 13.2 Å². The zero-order valence-electron chi connectivity index (χ0n) is 15.1. The smallest absolute Gasteiger partial charge is 0.372 e. The van der Waals surface area contributed by atoms with Gasteiger partial charge in [-0.1, -0.05) is 18.0 Å². The third-order valence-corrected chi connectivity index (χ3v) is 6.52. The second-order valence-electron chi connectivity index (χ2n) is 6.39. The van der Waals surface area contributed by atoms with Gasteiger partial charge in [-0.25, -0.2) is 8.42 Å². The Balaban J connectivity index is 1.95. The van der Waals surface area contributed by atoms with E-state index in [1.54, 1.807) is 0 Å². The maximum Gasteiger partial charge on any atom is 0.411 e. The highest BCUT2D eigenvalue weighted by Gasteiger charge is 2.29. The number of piperidine rings is 1. The minimum absolute atomic E-state index is 0.0303. The zero-order chi connectivity index (χ0) is 20.8. The largest absolute Gasteiger partial charge is 0.411 e. The summed E-state index contributed by atoms with van der Waals surface area (Å²) in [6, 6.07) is 3.97. The van der Waals surface area contributed by atoms with E-state index in [0.717, 1.165) is 19.3 Å². The molecule has 28 heavy (non-hydrogen) atoms. The Labute approximate surface area is 167 Å². The molecule has 1 aliphatic rings. The first-order valence-electron chi connectivity index (χ1n) is 8.84. The summed E-state index contributed by atoms with van der Waals surface area (Å²) < 4.78 is 67.3.